The van der Waals surface area contributed by atoms with Gasteiger partial charge in [0.15, 0.2) is 5.13 Å². The molecule has 0 saturated carbocycles. The molecule has 0 aliphatic carbocycles. The Morgan fingerprint density at radius 3 is 2.59 bits per heavy atom. The van der Waals surface area contributed by atoms with Gasteiger partial charge in [0.2, 0.25) is 0 Å². The molecule has 0 aliphatic rings. The number of hydrogen-bond donors (Lipinski definition) is 1. The highest BCUT2D eigenvalue weighted by Crippen LogP contribution is 2.33. The molecule has 1 aromatic carbocycles. The first-order chi connectivity index (χ1) is 10.6. The zero-order valence-electron chi connectivity index (χ0n) is 12.9. The van der Waals surface area contributed by atoms with Gasteiger partial charge in [-0.05, 0) is 44.5 Å². The first kappa shape index (κ1) is 15.0. The Labute approximate surface area is 137 Å². The molecular formula is C16H17N3OS2. The number of aromatic nitrogens is 2. The number of hydrogen-bond acceptors (Lipinski definition) is 6. The largest absolute Gasteiger partial charge is 0.497 e. The smallest absolute Gasteiger partial charge is 0.187 e. The summed E-state index contributed by atoms with van der Waals surface area (Å²) in [5, 5.41) is 7.40. The first-order valence-electron chi connectivity index (χ1n) is 6.88. The van der Waals surface area contributed by atoms with Crippen LogP contribution < -0.4 is 10.1 Å². The number of nitrogens with zero attached hydrogens (tertiary/aromatic N) is 2. The number of aryl methyl sites for hydroxylation is 3. The Morgan fingerprint density at radius 2 is 1.95 bits per heavy atom. The van der Waals surface area contributed by atoms with E-state index in [4.69, 9.17) is 4.74 Å². The number of benzene rings is 1. The van der Waals surface area contributed by atoms with E-state index in [2.05, 4.69) is 27.6 Å². The van der Waals surface area contributed by atoms with Gasteiger partial charge in [-0.2, -0.15) is 0 Å². The van der Waals surface area contributed by atoms with Gasteiger partial charge < -0.3 is 10.1 Å². The second-order valence-electron chi connectivity index (χ2n) is 4.99. The van der Waals surface area contributed by atoms with Crippen LogP contribution in [0, 0.1) is 20.8 Å². The van der Waals surface area contributed by atoms with Gasteiger partial charge in [0, 0.05) is 11.1 Å². The molecule has 0 spiro atoms. The monoisotopic (exact) mass is 331 g/mol. The van der Waals surface area contributed by atoms with Gasteiger partial charge in [0.25, 0.3) is 0 Å². The van der Waals surface area contributed by atoms with E-state index in [1.165, 1.54) is 0 Å². The van der Waals surface area contributed by atoms with E-state index in [9.17, 15) is 0 Å². The summed E-state index contributed by atoms with van der Waals surface area (Å²) in [5.74, 6) is 0.860. The molecule has 0 fully saturated rings. The van der Waals surface area contributed by atoms with Crippen LogP contribution >= 0.6 is 22.7 Å². The molecule has 2 aromatic heterocycles. The van der Waals surface area contributed by atoms with E-state index in [-0.39, 0.29) is 0 Å². The van der Waals surface area contributed by atoms with E-state index in [0.717, 1.165) is 43.4 Å². The molecule has 3 rings (SSSR count). The van der Waals surface area contributed by atoms with Gasteiger partial charge in [-0.15, -0.1) is 22.7 Å². The number of rotatable bonds is 4. The standard InChI is InChI=1S/C16H17N3OS2/c1-9-7-12(20-4)5-6-13(9)18-16-19-14(8-21-16)15-10(2)17-11(3)22-15/h5-8H,1-4H3,(H,18,19). The van der Waals surface area contributed by atoms with E-state index < -0.39 is 0 Å². The van der Waals surface area contributed by atoms with Crippen molar-refractivity contribution in [1.29, 1.82) is 0 Å². The maximum atomic E-state index is 5.23. The van der Waals surface area contributed by atoms with Crippen LogP contribution in [0.15, 0.2) is 23.6 Å². The molecule has 2 heterocycles. The van der Waals surface area contributed by atoms with Crippen LogP contribution in [0.2, 0.25) is 0 Å². The summed E-state index contributed by atoms with van der Waals surface area (Å²) >= 11 is 3.29. The van der Waals surface area contributed by atoms with Gasteiger partial charge in [-0.1, -0.05) is 0 Å². The predicted molar refractivity (Wildman–Crippen MR) is 93.7 cm³/mol. The summed E-state index contributed by atoms with van der Waals surface area (Å²) < 4.78 is 5.23. The molecule has 6 heteroatoms. The lowest BCUT2D eigenvalue weighted by Crippen LogP contribution is -1.93. The minimum Gasteiger partial charge on any atom is -0.497 e. The Morgan fingerprint density at radius 1 is 1.14 bits per heavy atom. The highest BCUT2D eigenvalue weighted by molar-refractivity contribution is 7.16. The fraction of sp³-hybridized carbons (Fsp3) is 0.250. The number of anilines is 2. The van der Waals surface area contributed by atoms with E-state index in [1.54, 1.807) is 29.8 Å². The molecule has 1 N–H and O–H groups in total. The lowest BCUT2D eigenvalue weighted by atomic mass is 10.2. The Balaban J connectivity index is 1.84. The summed E-state index contributed by atoms with van der Waals surface area (Å²) in [6.07, 6.45) is 0. The fourth-order valence-electron chi connectivity index (χ4n) is 2.22. The zero-order valence-corrected chi connectivity index (χ0v) is 14.6. The summed E-state index contributed by atoms with van der Waals surface area (Å²) in [6.45, 7) is 6.10. The van der Waals surface area contributed by atoms with Crippen molar-refractivity contribution in [3.63, 3.8) is 0 Å². The summed E-state index contributed by atoms with van der Waals surface area (Å²) in [4.78, 5) is 10.3. The average Bonchev–Trinajstić information content (AvgIpc) is 3.07. The van der Waals surface area contributed by atoms with Gasteiger partial charge in [-0.3, -0.25) is 0 Å². The first-order valence-corrected chi connectivity index (χ1v) is 8.58. The SMILES string of the molecule is COc1ccc(Nc2nc(-c3sc(C)nc3C)cs2)c(C)c1. The van der Waals surface area contributed by atoms with Crippen LogP contribution in [0.25, 0.3) is 10.6 Å². The maximum Gasteiger partial charge on any atom is 0.187 e. The second-order valence-corrected chi connectivity index (χ2v) is 7.05. The van der Waals surface area contributed by atoms with Crippen LogP contribution in [0.1, 0.15) is 16.3 Å². The lowest BCUT2D eigenvalue weighted by molar-refractivity contribution is 0.414. The third kappa shape index (κ3) is 2.98. The van der Waals surface area contributed by atoms with Crippen molar-refractivity contribution in [1.82, 2.24) is 9.97 Å². The average molecular weight is 331 g/mol. The van der Waals surface area contributed by atoms with Gasteiger partial charge in [0.1, 0.15) is 5.75 Å². The fourth-order valence-corrected chi connectivity index (χ4v) is 3.89. The van der Waals surface area contributed by atoms with Crippen molar-refractivity contribution in [2.75, 3.05) is 12.4 Å². The highest BCUT2D eigenvalue weighted by atomic mass is 32.1. The van der Waals surface area contributed by atoms with Crippen molar-refractivity contribution in [3.05, 3.63) is 39.8 Å². The molecule has 0 bridgehead atoms. The summed E-state index contributed by atoms with van der Waals surface area (Å²) in [7, 11) is 1.67. The maximum absolute atomic E-state index is 5.23. The zero-order chi connectivity index (χ0) is 15.7. The molecular weight excluding hydrogens is 314 g/mol. The Bertz CT molecular complexity index is 808. The molecule has 22 heavy (non-hydrogen) atoms. The molecule has 0 saturated heterocycles. The second kappa shape index (κ2) is 6.06. The molecule has 4 nitrogen and oxygen atoms in total. The van der Waals surface area contributed by atoms with Crippen molar-refractivity contribution < 1.29 is 4.74 Å². The molecule has 0 atom stereocenters. The van der Waals surface area contributed by atoms with Crippen molar-refractivity contribution in [2.24, 2.45) is 0 Å². The molecule has 0 radical (unpaired) electrons. The van der Waals surface area contributed by atoms with Crippen molar-refractivity contribution >= 4 is 33.5 Å². The molecule has 0 aliphatic heterocycles. The van der Waals surface area contributed by atoms with Crippen LogP contribution in [-0.2, 0) is 0 Å². The minimum absolute atomic E-state index is 0.860. The molecule has 114 valence electrons. The third-order valence-electron chi connectivity index (χ3n) is 3.32. The normalized spacial score (nSPS) is 10.7. The van der Waals surface area contributed by atoms with Crippen molar-refractivity contribution in [2.45, 2.75) is 20.8 Å². The summed E-state index contributed by atoms with van der Waals surface area (Å²) in [6, 6.07) is 5.96. The van der Waals surface area contributed by atoms with Crippen molar-refractivity contribution in [3.8, 4) is 16.3 Å². The Hall–Kier alpha value is -1.92. The quantitative estimate of drug-likeness (QED) is 0.735. The number of ether oxygens (including phenoxy) is 1. The highest BCUT2D eigenvalue weighted by Gasteiger charge is 2.12. The van der Waals surface area contributed by atoms with Gasteiger partial charge >= 0.3 is 0 Å². The van der Waals surface area contributed by atoms with Crippen LogP contribution in [-0.4, -0.2) is 17.1 Å². The Kier molecular flexibility index (Phi) is 4.13. The molecule has 0 amide bonds. The van der Waals surface area contributed by atoms with E-state index in [0.29, 0.717) is 0 Å². The topological polar surface area (TPSA) is 47.0 Å². The predicted octanol–water partition coefficient (Wildman–Crippen LogP) is 4.94. The van der Waals surface area contributed by atoms with E-state index >= 15 is 0 Å². The van der Waals surface area contributed by atoms with Crippen LogP contribution in [0.3, 0.4) is 0 Å². The van der Waals surface area contributed by atoms with E-state index in [1.807, 2.05) is 32.0 Å². The number of nitrogens with one attached hydrogen (secondary N) is 1. The van der Waals surface area contributed by atoms with Crippen LogP contribution in [0.5, 0.6) is 5.75 Å². The van der Waals surface area contributed by atoms with Gasteiger partial charge in [0.05, 0.1) is 28.4 Å². The van der Waals surface area contributed by atoms with Gasteiger partial charge in [-0.25, -0.2) is 9.97 Å². The lowest BCUT2D eigenvalue weighted by Gasteiger charge is -2.08. The van der Waals surface area contributed by atoms with Crippen LogP contribution in [0.4, 0.5) is 10.8 Å². The molecule has 0 unspecified atom stereocenters. The third-order valence-corrected chi connectivity index (χ3v) is 5.17. The molecule has 3 aromatic rings. The number of methoxy groups -OCH3 is 1. The summed E-state index contributed by atoms with van der Waals surface area (Å²) in [5.41, 5.74) is 4.20. The number of thiazole rings is 2. The minimum atomic E-state index is 0.860.